The second kappa shape index (κ2) is 7.05. The van der Waals surface area contributed by atoms with Crippen LogP contribution >= 0.6 is 0 Å². The Hall–Kier alpha value is -2.67. The van der Waals surface area contributed by atoms with E-state index in [1.165, 1.54) is 0 Å². The SMILES string of the molecule is Cc1c(C(=O)N2CCCC(c3nnc4n3CCNCC4)C2)oc2ccccc12. The van der Waals surface area contributed by atoms with Crippen LogP contribution in [0.5, 0.6) is 0 Å². The van der Waals surface area contributed by atoms with E-state index in [-0.39, 0.29) is 11.8 Å². The summed E-state index contributed by atoms with van der Waals surface area (Å²) in [6.45, 7) is 6.16. The van der Waals surface area contributed by atoms with Crippen molar-refractivity contribution in [3.05, 3.63) is 47.2 Å². The summed E-state index contributed by atoms with van der Waals surface area (Å²) in [7, 11) is 0. The summed E-state index contributed by atoms with van der Waals surface area (Å²) in [6.07, 6.45) is 2.91. The maximum atomic E-state index is 13.2. The van der Waals surface area contributed by atoms with E-state index < -0.39 is 0 Å². The minimum absolute atomic E-state index is 0.0179. The first-order chi connectivity index (χ1) is 13.7. The maximum absolute atomic E-state index is 13.2. The van der Waals surface area contributed by atoms with Crippen LogP contribution in [0, 0.1) is 6.92 Å². The average Bonchev–Trinajstić information content (AvgIpc) is 3.20. The molecule has 7 nitrogen and oxygen atoms in total. The number of aromatic nitrogens is 3. The van der Waals surface area contributed by atoms with Crippen LogP contribution in [0.3, 0.4) is 0 Å². The van der Waals surface area contributed by atoms with Gasteiger partial charge in [-0.15, -0.1) is 10.2 Å². The van der Waals surface area contributed by atoms with E-state index >= 15 is 0 Å². The fourth-order valence-electron chi connectivity index (χ4n) is 4.49. The molecule has 0 spiro atoms. The standard InChI is InChI=1S/C21H25N5O2/c1-14-16-6-2-3-7-17(16)28-19(14)21(27)25-11-4-5-15(13-25)20-24-23-18-8-9-22-10-12-26(18)20/h2-3,6-7,15,22H,4-5,8-13H2,1H3. The zero-order valence-corrected chi connectivity index (χ0v) is 16.1. The Bertz CT molecular complexity index is 1020. The van der Waals surface area contributed by atoms with E-state index in [4.69, 9.17) is 4.42 Å². The van der Waals surface area contributed by atoms with Gasteiger partial charge in [-0.3, -0.25) is 4.79 Å². The Morgan fingerprint density at radius 3 is 3.00 bits per heavy atom. The highest BCUT2D eigenvalue weighted by molar-refractivity contribution is 5.99. The Morgan fingerprint density at radius 2 is 2.11 bits per heavy atom. The topological polar surface area (TPSA) is 76.2 Å². The maximum Gasteiger partial charge on any atom is 0.289 e. The number of rotatable bonds is 2. The number of carbonyl (C=O) groups excluding carboxylic acids is 1. The number of nitrogens with zero attached hydrogens (tertiary/aromatic N) is 4. The summed E-state index contributed by atoms with van der Waals surface area (Å²) in [5.74, 6) is 2.75. The lowest BCUT2D eigenvalue weighted by atomic mass is 9.96. The zero-order chi connectivity index (χ0) is 19.1. The Morgan fingerprint density at radius 1 is 1.21 bits per heavy atom. The van der Waals surface area contributed by atoms with Crippen LogP contribution in [-0.4, -0.2) is 51.8 Å². The number of para-hydroxylation sites is 1. The molecule has 146 valence electrons. The van der Waals surface area contributed by atoms with Crippen LogP contribution in [0.2, 0.25) is 0 Å². The minimum Gasteiger partial charge on any atom is -0.451 e. The largest absolute Gasteiger partial charge is 0.451 e. The summed E-state index contributed by atoms with van der Waals surface area (Å²) in [4.78, 5) is 15.2. The molecule has 0 saturated carbocycles. The van der Waals surface area contributed by atoms with Crippen molar-refractivity contribution in [2.45, 2.75) is 38.6 Å². The van der Waals surface area contributed by atoms with Crippen molar-refractivity contribution in [3.63, 3.8) is 0 Å². The van der Waals surface area contributed by atoms with Gasteiger partial charge in [0, 0.05) is 56.0 Å². The second-order valence-corrected chi connectivity index (χ2v) is 7.77. The van der Waals surface area contributed by atoms with E-state index in [0.717, 1.165) is 73.6 Å². The van der Waals surface area contributed by atoms with Crippen molar-refractivity contribution in [3.8, 4) is 0 Å². The van der Waals surface area contributed by atoms with Crippen molar-refractivity contribution in [1.29, 1.82) is 0 Å². The quantitative estimate of drug-likeness (QED) is 0.740. The number of piperidine rings is 1. The van der Waals surface area contributed by atoms with Gasteiger partial charge in [0.05, 0.1) is 0 Å². The molecule has 2 aromatic heterocycles. The Kier molecular flexibility index (Phi) is 4.39. The predicted molar refractivity (Wildman–Crippen MR) is 105 cm³/mol. The lowest BCUT2D eigenvalue weighted by Crippen LogP contribution is -2.40. The number of carbonyl (C=O) groups is 1. The van der Waals surface area contributed by atoms with E-state index in [0.29, 0.717) is 12.3 Å². The van der Waals surface area contributed by atoms with Gasteiger partial charge in [-0.2, -0.15) is 0 Å². The first-order valence-electron chi connectivity index (χ1n) is 10.1. The number of likely N-dealkylation sites (tertiary alicyclic amines) is 1. The normalized spacial score (nSPS) is 20.2. The molecule has 4 heterocycles. The molecule has 0 bridgehead atoms. The monoisotopic (exact) mass is 379 g/mol. The highest BCUT2D eigenvalue weighted by Crippen LogP contribution is 2.30. The molecular formula is C21H25N5O2. The number of benzene rings is 1. The zero-order valence-electron chi connectivity index (χ0n) is 16.1. The molecule has 1 unspecified atom stereocenters. The third-order valence-electron chi connectivity index (χ3n) is 6.01. The van der Waals surface area contributed by atoms with Crippen LogP contribution in [0.4, 0.5) is 0 Å². The molecule has 1 aromatic carbocycles. The number of hydrogen-bond donors (Lipinski definition) is 1. The van der Waals surface area contributed by atoms with Gasteiger partial charge in [-0.05, 0) is 25.8 Å². The molecule has 0 radical (unpaired) electrons. The summed E-state index contributed by atoms with van der Waals surface area (Å²) in [5.41, 5.74) is 1.69. The fraction of sp³-hybridized carbons (Fsp3) is 0.476. The van der Waals surface area contributed by atoms with Gasteiger partial charge in [-0.1, -0.05) is 18.2 Å². The van der Waals surface area contributed by atoms with Crippen molar-refractivity contribution < 1.29 is 9.21 Å². The molecule has 1 amide bonds. The summed E-state index contributed by atoms with van der Waals surface area (Å²) in [5, 5.41) is 13.3. The predicted octanol–water partition coefficient (Wildman–Crippen LogP) is 2.50. The van der Waals surface area contributed by atoms with Gasteiger partial charge in [0.2, 0.25) is 0 Å². The number of nitrogens with one attached hydrogen (secondary N) is 1. The van der Waals surface area contributed by atoms with Gasteiger partial charge < -0.3 is 19.2 Å². The molecule has 1 fully saturated rings. The summed E-state index contributed by atoms with van der Waals surface area (Å²) in [6, 6.07) is 7.82. The molecule has 3 aromatic rings. The lowest BCUT2D eigenvalue weighted by Gasteiger charge is -2.32. The van der Waals surface area contributed by atoms with Crippen LogP contribution in [0.15, 0.2) is 28.7 Å². The van der Waals surface area contributed by atoms with E-state index in [1.807, 2.05) is 36.1 Å². The molecular weight excluding hydrogens is 354 g/mol. The van der Waals surface area contributed by atoms with Crippen molar-refractivity contribution >= 4 is 16.9 Å². The highest BCUT2D eigenvalue weighted by atomic mass is 16.3. The molecule has 7 heteroatoms. The molecule has 1 saturated heterocycles. The van der Waals surface area contributed by atoms with Gasteiger partial charge in [0.1, 0.15) is 17.2 Å². The number of furan rings is 1. The number of fused-ring (bicyclic) bond motifs is 2. The second-order valence-electron chi connectivity index (χ2n) is 7.77. The molecule has 1 N–H and O–H groups in total. The minimum atomic E-state index is -0.0179. The molecule has 2 aliphatic heterocycles. The third kappa shape index (κ3) is 2.90. The Balaban J connectivity index is 1.40. The summed E-state index contributed by atoms with van der Waals surface area (Å²) >= 11 is 0. The molecule has 0 aliphatic carbocycles. The first-order valence-corrected chi connectivity index (χ1v) is 10.1. The van der Waals surface area contributed by atoms with Crippen molar-refractivity contribution in [2.24, 2.45) is 0 Å². The number of amides is 1. The lowest BCUT2D eigenvalue weighted by molar-refractivity contribution is 0.0672. The van der Waals surface area contributed by atoms with Crippen LogP contribution in [0.25, 0.3) is 11.0 Å². The third-order valence-corrected chi connectivity index (χ3v) is 6.01. The molecule has 1 atom stereocenters. The van der Waals surface area contributed by atoms with Gasteiger partial charge in [-0.25, -0.2) is 0 Å². The van der Waals surface area contributed by atoms with Crippen LogP contribution in [0.1, 0.15) is 46.5 Å². The highest BCUT2D eigenvalue weighted by Gasteiger charge is 2.31. The smallest absolute Gasteiger partial charge is 0.289 e. The molecule has 2 aliphatic rings. The van der Waals surface area contributed by atoms with Crippen molar-refractivity contribution in [1.82, 2.24) is 25.0 Å². The van der Waals surface area contributed by atoms with Crippen LogP contribution < -0.4 is 5.32 Å². The van der Waals surface area contributed by atoms with E-state index in [2.05, 4.69) is 20.1 Å². The van der Waals surface area contributed by atoms with E-state index in [9.17, 15) is 4.79 Å². The van der Waals surface area contributed by atoms with E-state index in [1.54, 1.807) is 0 Å². The average molecular weight is 379 g/mol. The molecule has 5 rings (SSSR count). The number of hydrogen-bond acceptors (Lipinski definition) is 5. The first kappa shape index (κ1) is 17.4. The molecule has 28 heavy (non-hydrogen) atoms. The van der Waals surface area contributed by atoms with Gasteiger partial charge in [0.15, 0.2) is 5.76 Å². The van der Waals surface area contributed by atoms with Crippen LogP contribution in [-0.2, 0) is 13.0 Å². The fourth-order valence-corrected chi connectivity index (χ4v) is 4.49. The summed E-state index contributed by atoms with van der Waals surface area (Å²) < 4.78 is 8.17. The van der Waals surface area contributed by atoms with Gasteiger partial charge in [0.25, 0.3) is 5.91 Å². The number of aryl methyl sites for hydroxylation is 1. The Labute approximate surface area is 163 Å². The van der Waals surface area contributed by atoms with Gasteiger partial charge >= 0.3 is 0 Å². The van der Waals surface area contributed by atoms with Crippen molar-refractivity contribution in [2.75, 3.05) is 26.2 Å².